The zero-order chi connectivity index (χ0) is 32.7. The number of amides is 1. The quantitative estimate of drug-likeness (QED) is 0.228. The first-order valence-electron chi connectivity index (χ1n) is 13.7. The van der Waals surface area contributed by atoms with E-state index < -0.39 is 0 Å². The molecule has 0 saturated heterocycles. The number of allylic oxidation sites excluding steroid dienone is 4. The van der Waals surface area contributed by atoms with Gasteiger partial charge >= 0.3 is 0 Å². The fourth-order valence-corrected chi connectivity index (χ4v) is 2.97. The predicted octanol–water partition coefficient (Wildman–Crippen LogP) is 9.88. The lowest BCUT2D eigenvalue weighted by atomic mass is 10.2. The van der Waals surface area contributed by atoms with Crippen LogP contribution in [-0.2, 0) is 16.6 Å². The first kappa shape index (κ1) is 40.7. The Morgan fingerprint density at radius 2 is 1.48 bits per heavy atom. The van der Waals surface area contributed by atoms with E-state index in [9.17, 15) is 4.79 Å². The molecule has 0 spiro atoms. The molecule has 0 fully saturated rings. The van der Waals surface area contributed by atoms with Crippen LogP contribution in [0.5, 0.6) is 5.75 Å². The van der Waals surface area contributed by atoms with E-state index in [0.717, 1.165) is 34.2 Å². The van der Waals surface area contributed by atoms with Crippen molar-refractivity contribution in [1.29, 1.82) is 0 Å². The molecule has 0 bridgehead atoms. The number of rotatable bonds is 5. The van der Waals surface area contributed by atoms with Crippen LogP contribution in [0, 0.1) is 0 Å². The minimum absolute atomic E-state index is 0.00463. The van der Waals surface area contributed by atoms with Gasteiger partial charge in [0.1, 0.15) is 11.6 Å². The van der Waals surface area contributed by atoms with Crippen molar-refractivity contribution < 1.29 is 14.3 Å². The maximum atomic E-state index is 9.70. The van der Waals surface area contributed by atoms with Crippen molar-refractivity contribution in [3.8, 4) is 17.0 Å². The first-order valence-corrected chi connectivity index (χ1v) is 14.4. The number of hydrogen-bond donors (Lipinski definition) is 1. The lowest BCUT2D eigenvalue weighted by molar-refractivity contribution is -0.118. The number of halogens is 2. The molecule has 0 saturated carbocycles. The molecule has 1 N–H and O–H groups in total. The van der Waals surface area contributed by atoms with Gasteiger partial charge in [-0.2, -0.15) is 0 Å². The average Bonchev–Trinajstić information content (AvgIpc) is 3.37. The summed E-state index contributed by atoms with van der Waals surface area (Å²) in [6, 6.07) is 13.3. The van der Waals surface area contributed by atoms with E-state index in [4.69, 9.17) is 32.7 Å². The number of hydrogen-bond acceptors (Lipinski definition) is 4. The van der Waals surface area contributed by atoms with Gasteiger partial charge in [-0.25, -0.2) is 4.98 Å². The largest absolute Gasteiger partial charge is 0.502 e. The molecule has 6 nitrogen and oxygen atoms in total. The minimum Gasteiger partial charge on any atom is -0.502 e. The highest BCUT2D eigenvalue weighted by Crippen LogP contribution is 2.29. The Hall–Kier alpha value is -3.48. The summed E-state index contributed by atoms with van der Waals surface area (Å²) in [5.41, 5.74) is 4.13. The molecule has 0 aliphatic rings. The summed E-state index contributed by atoms with van der Waals surface area (Å²) in [6.45, 7) is 15.5. The summed E-state index contributed by atoms with van der Waals surface area (Å²) in [6.07, 6.45) is 9.92. The molecule has 3 aromatic rings. The molecular weight excluding hydrogens is 569 g/mol. The van der Waals surface area contributed by atoms with Crippen molar-refractivity contribution in [3.63, 3.8) is 0 Å². The number of methoxy groups -OCH3 is 2. The third kappa shape index (κ3) is 18.1. The minimum atomic E-state index is 0.00463. The standard InChI is InChI=1S/C19H16Cl2N2O.C5H10O.C5H10.C3H7NO.C2H6/c1-23-12-18(16-9-6-14(20)11-17(16)21)22-19(23)10-5-13-3-7-15(24-2)8-4-13;1-4-5(2)6-3;1-4-5(2)3;1-3(5)4-2;1-2/h3-12H,1-2H3;4H,1-3H3;4H,1-3H3;1-2H3,(H,4,5);1-2H3/b10-5+;5-4+;;;. The second-order valence-corrected chi connectivity index (χ2v) is 9.45. The third-order valence-corrected chi connectivity index (χ3v) is 5.87. The van der Waals surface area contributed by atoms with E-state index >= 15 is 0 Å². The molecule has 0 aliphatic carbocycles. The van der Waals surface area contributed by atoms with Crippen LogP contribution in [0.1, 0.15) is 66.8 Å². The highest BCUT2D eigenvalue weighted by molar-refractivity contribution is 6.36. The molecule has 3 rings (SSSR count). The summed E-state index contributed by atoms with van der Waals surface area (Å²) in [7, 11) is 6.87. The number of carbonyl (C=O) groups is 1. The van der Waals surface area contributed by atoms with Crippen molar-refractivity contribution in [2.75, 3.05) is 21.3 Å². The van der Waals surface area contributed by atoms with E-state index in [0.29, 0.717) is 10.0 Å². The zero-order valence-corrected chi connectivity index (χ0v) is 28.8. The van der Waals surface area contributed by atoms with Crippen LogP contribution in [0.2, 0.25) is 10.0 Å². The SMILES string of the molecule is C/C=C(\C)OC.CC.CC=C(C)C.CNC(C)=O.COc1ccc(/C=C/c2nc(-c3ccc(Cl)cc3Cl)cn2C)cc1. The van der Waals surface area contributed by atoms with Gasteiger partial charge < -0.3 is 19.4 Å². The molecule has 0 radical (unpaired) electrons. The highest BCUT2D eigenvalue weighted by Gasteiger charge is 2.09. The normalized spacial score (nSPS) is 9.81. The van der Waals surface area contributed by atoms with Crippen LogP contribution in [-0.4, -0.2) is 36.7 Å². The Morgan fingerprint density at radius 1 is 0.929 bits per heavy atom. The van der Waals surface area contributed by atoms with E-state index in [1.54, 1.807) is 27.3 Å². The lowest BCUT2D eigenvalue weighted by Gasteiger charge is -2.00. The van der Waals surface area contributed by atoms with E-state index in [-0.39, 0.29) is 5.91 Å². The van der Waals surface area contributed by atoms with Crippen LogP contribution in [0.25, 0.3) is 23.4 Å². The Morgan fingerprint density at radius 3 is 1.86 bits per heavy atom. The zero-order valence-electron chi connectivity index (χ0n) is 27.3. The van der Waals surface area contributed by atoms with Gasteiger partial charge in [0, 0.05) is 37.8 Å². The van der Waals surface area contributed by atoms with Gasteiger partial charge in [-0.1, -0.05) is 73.0 Å². The molecular formula is C34H49Cl2N3O3. The maximum Gasteiger partial charge on any atom is 0.216 e. The number of imidazole rings is 1. The molecule has 1 aromatic heterocycles. The number of benzene rings is 2. The average molecular weight is 619 g/mol. The molecule has 0 atom stereocenters. The van der Waals surface area contributed by atoms with E-state index in [2.05, 4.69) is 30.2 Å². The van der Waals surface area contributed by atoms with Gasteiger partial charge in [-0.05, 0) is 76.6 Å². The summed E-state index contributed by atoms with van der Waals surface area (Å²) < 4.78 is 11.9. The summed E-state index contributed by atoms with van der Waals surface area (Å²) in [5, 5.41) is 3.59. The summed E-state index contributed by atoms with van der Waals surface area (Å²) in [4.78, 5) is 14.3. The topological polar surface area (TPSA) is 65.4 Å². The van der Waals surface area contributed by atoms with Crippen LogP contribution in [0.4, 0.5) is 0 Å². The second-order valence-electron chi connectivity index (χ2n) is 8.60. The van der Waals surface area contributed by atoms with Crippen molar-refractivity contribution in [2.45, 2.75) is 55.4 Å². The molecule has 2 aromatic carbocycles. The van der Waals surface area contributed by atoms with Crippen molar-refractivity contribution >= 4 is 41.3 Å². The van der Waals surface area contributed by atoms with Gasteiger partial charge in [0.15, 0.2) is 0 Å². The molecule has 0 unspecified atom stereocenters. The lowest BCUT2D eigenvalue weighted by Crippen LogP contribution is -2.11. The fourth-order valence-electron chi connectivity index (χ4n) is 2.47. The second kappa shape index (κ2) is 24.2. The van der Waals surface area contributed by atoms with Crippen LogP contribution in [0.15, 0.2) is 72.1 Å². The Kier molecular flexibility index (Phi) is 23.4. The van der Waals surface area contributed by atoms with Crippen LogP contribution >= 0.6 is 23.2 Å². The number of carbonyl (C=O) groups excluding carboxylic acids is 1. The van der Waals surface area contributed by atoms with Gasteiger partial charge in [0.05, 0.1) is 30.7 Å². The van der Waals surface area contributed by atoms with Crippen LogP contribution < -0.4 is 10.1 Å². The highest BCUT2D eigenvalue weighted by atomic mass is 35.5. The van der Waals surface area contributed by atoms with Gasteiger partial charge in [0.2, 0.25) is 5.91 Å². The smallest absolute Gasteiger partial charge is 0.216 e. The summed E-state index contributed by atoms with van der Waals surface area (Å²) in [5.74, 6) is 2.65. The van der Waals surface area contributed by atoms with Crippen molar-refractivity contribution in [3.05, 3.63) is 93.6 Å². The molecule has 42 heavy (non-hydrogen) atoms. The number of aromatic nitrogens is 2. The van der Waals surface area contributed by atoms with Gasteiger partial charge in [0.25, 0.3) is 0 Å². The molecule has 232 valence electrons. The van der Waals surface area contributed by atoms with E-state index in [1.807, 2.05) is 107 Å². The van der Waals surface area contributed by atoms with E-state index in [1.165, 1.54) is 12.5 Å². The number of nitrogens with one attached hydrogen (secondary N) is 1. The molecule has 1 heterocycles. The summed E-state index contributed by atoms with van der Waals surface area (Å²) >= 11 is 12.2. The Bertz CT molecular complexity index is 1260. The first-order chi connectivity index (χ1) is 19.9. The van der Waals surface area contributed by atoms with Crippen LogP contribution in [0.3, 0.4) is 0 Å². The molecule has 1 amide bonds. The Balaban J connectivity index is 0. The molecule has 0 aliphatic heterocycles. The van der Waals surface area contributed by atoms with Gasteiger partial charge in [-0.3, -0.25) is 4.79 Å². The third-order valence-electron chi connectivity index (χ3n) is 5.32. The Labute approximate surface area is 264 Å². The predicted molar refractivity (Wildman–Crippen MR) is 183 cm³/mol. The number of aryl methyl sites for hydroxylation is 1. The molecule has 8 heteroatoms. The number of nitrogens with zero attached hydrogens (tertiary/aromatic N) is 2. The van der Waals surface area contributed by atoms with Crippen molar-refractivity contribution in [2.24, 2.45) is 7.05 Å². The monoisotopic (exact) mass is 617 g/mol. The number of ether oxygens (including phenoxy) is 2. The maximum absolute atomic E-state index is 9.70. The van der Waals surface area contributed by atoms with Gasteiger partial charge in [-0.15, -0.1) is 0 Å². The fraction of sp³-hybridized carbons (Fsp3) is 0.353. The van der Waals surface area contributed by atoms with Crippen molar-refractivity contribution in [1.82, 2.24) is 14.9 Å².